The summed E-state index contributed by atoms with van der Waals surface area (Å²) in [4.78, 5) is 24.8. The van der Waals surface area contributed by atoms with Crippen LogP contribution in [0, 0.1) is 5.92 Å². The number of hydrogen-bond acceptors (Lipinski definition) is 2. The van der Waals surface area contributed by atoms with E-state index >= 15 is 0 Å². The zero-order valence-corrected chi connectivity index (χ0v) is 7.28. The van der Waals surface area contributed by atoms with Gasteiger partial charge in [-0.1, -0.05) is 6.92 Å². The fourth-order valence-corrected chi connectivity index (χ4v) is 1.15. The third kappa shape index (κ3) is 1.96. The highest BCUT2D eigenvalue weighted by Crippen LogP contribution is 2.11. The third-order valence-electron chi connectivity index (χ3n) is 1.91. The Morgan fingerprint density at radius 1 is 1.62 bits per heavy atom. The lowest BCUT2D eigenvalue weighted by molar-refractivity contribution is -0.140. The number of nitrogens with one attached hydrogen (secondary N) is 1. The molecule has 2 N–H and O–H groups in total. The number of aromatic amines is 1. The van der Waals surface area contributed by atoms with Crippen LogP contribution in [0.4, 0.5) is 0 Å². The van der Waals surface area contributed by atoms with E-state index < -0.39 is 11.9 Å². The van der Waals surface area contributed by atoms with Crippen molar-refractivity contribution in [2.24, 2.45) is 5.92 Å². The number of aliphatic carboxylic acids is 1. The lowest BCUT2D eigenvalue weighted by atomic mass is 9.97. The molecule has 0 spiro atoms. The van der Waals surface area contributed by atoms with Gasteiger partial charge in [-0.15, -0.1) is 0 Å². The second kappa shape index (κ2) is 3.89. The number of ketones is 1. The predicted octanol–water partition coefficient (Wildman–Crippen LogP) is 1.31. The Balaban J connectivity index is 2.83. The number of rotatable bonds is 4. The first-order valence-corrected chi connectivity index (χ1v) is 4.06. The fraction of sp³-hybridized carbons (Fsp3) is 0.333. The van der Waals surface area contributed by atoms with Crippen molar-refractivity contribution in [3.8, 4) is 0 Å². The van der Waals surface area contributed by atoms with Crippen molar-refractivity contribution >= 4 is 11.8 Å². The molecule has 0 fully saturated rings. The van der Waals surface area contributed by atoms with Crippen molar-refractivity contribution < 1.29 is 14.7 Å². The number of carbonyl (C=O) groups is 2. The molecular formula is C9H11NO3. The summed E-state index contributed by atoms with van der Waals surface area (Å²) in [5, 5.41) is 8.71. The Kier molecular flexibility index (Phi) is 2.84. The van der Waals surface area contributed by atoms with Gasteiger partial charge in [0.2, 0.25) is 0 Å². The molecule has 0 aliphatic carbocycles. The van der Waals surface area contributed by atoms with E-state index in [0.717, 1.165) is 0 Å². The maximum atomic E-state index is 11.5. The van der Waals surface area contributed by atoms with Crippen molar-refractivity contribution in [3.05, 3.63) is 24.0 Å². The fourth-order valence-electron chi connectivity index (χ4n) is 1.15. The van der Waals surface area contributed by atoms with Gasteiger partial charge < -0.3 is 10.1 Å². The van der Waals surface area contributed by atoms with Gasteiger partial charge in [0.25, 0.3) is 0 Å². The molecule has 0 unspecified atom stereocenters. The van der Waals surface area contributed by atoms with E-state index in [1.54, 1.807) is 19.2 Å². The van der Waals surface area contributed by atoms with E-state index in [1.807, 2.05) is 0 Å². The Morgan fingerprint density at radius 2 is 2.31 bits per heavy atom. The first-order chi connectivity index (χ1) is 6.16. The summed E-state index contributed by atoms with van der Waals surface area (Å²) in [6.07, 6.45) is 3.43. The normalized spacial score (nSPS) is 12.4. The SMILES string of the molecule is CC[C@@H](C(=O)O)C(=O)c1cc[nH]c1. The zero-order chi connectivity index (χ0) is 9.84. The molecule has 1 aromatic heterocycles. The second-order valence-electron chi connectivity index (χ2n) is 2.76. The zero-order valence-electron chi connectivity index (χ0n) is 7.28. The van der Waals surface area contributed by atoms with Crippen LogP contribution in [0.5, 0.6) is 0 Å². The van der Waals surface area contributed by atoms with Crippen molar-refractivity contribution in [1.29, 1.82) is 0 Å². The minimum atomic E-state index is -1.06. The minimum Gasteiger partial charge on any atom is -0.481 e. The van der Waals surface area contributed by atoms with Gasteiger partial charge in [-0.2, -0.15) is 0 Å². The molecular weight excluding hydrogens is 170 g/mol. The lowest BCUT2D eigenvalue weighted by Gasteiger charge is -2.05. The molecule has 0 aromatic carbocycles. The number of Topliss-reactive ketones (excluding diaryl/α,β-unsaturated/α-hetero) is 1. The average Bonchev–Trinajstić information content (AvgIpc) is 2.56. The van der Waals surface area contributed by atoms with E-state index in [-0.39, 0.29) is 5.78 Å². The van der Waals surface area contributed by atoms with Gasteiger partial charge in [0.05, 0.1) is 0 Å². The largest absolute Gasteiger partial charge is 0.481 e. The molecule has 1 atom stereocenters. The number of H-pyrrole nitrogens is 1. The third-order valence-corrected chi connectivity index (χ3v) is 1.91. The summed E-state index contributed by atoms with van der Waals surface area (Å²) in [7, 11) is 0. The number of carbonyl (C=O) groups excluding carboxylic acids is 1. The molecule has 0 saturated heterocycles. The lowest BCUT2D eigenvalue weighted by Crippen LogP contribution is -2.22. The quantitative estimate of drug-likeness (QED) is 0.543. The van der Waals surface area contributed by atoms with Crippen LogP contribution in [0.3, 0.4) is 0 Å². The molecule has 13 heavy (non-hydrogen) atoms. The monoisotopic (exact) mass is 181 g/mol. The van der Waals surface area contributed by atoms with Gasteiger partial charge in [0.15, 0.2) is 5.78 Å². The van der Waals surface area contributed by atoms with Gasteiger partial charge in [0.1, 0.15) is 5.92 Å². The first kappa shape index (κ1) is 9.51. The minimum absolute atomic E-state index is 0.319. The smallest absolute Gasteiger partial charge is 0.314 e. The second-order valence-corrected chi connectivity index (χ2v) is 2.76. The van der Waals surface area contributed by atoms with Crippen LogP contribution in [-0.4, -0.2) is 21.8 Å². The van der Waals surface area contributed by atoms with Crippen LogP contribution < -0.4 is 0 Å². The summed E-state index contributed by atoms with van der Waals surface area (Å²) < 4.78 is 0. The van der Waals surface area contributed by atoms with Crippen molar-refractivity contribution in [2.45, 2.75) is 13.3 Å². The molecule has 1 heterocycles. The van der Waals surface area contributed by atoms with Crippen molar-refractivity contribution in [2.75, 3.05) is 0 Å². The molecule has 70 valence electrons. The van der Waals surface area contributed by atoms with Crippen LogP contribution in [-0.2, 0) is 4.79 Å². The molecule has 4 heteroatoms. The topological polar surface area (TPSA) is 70.2 Å². The van der Waals surface area contributed by atoms with Crippen LogP contribution in [0.15, 0.2) is 18.5 Å². The number of carboxylic acids is 1. The molecule has 4 nitrogen and oxygen atoms in total. The molecule has 0 radical (unpaired) electrons. The Hall–Kier alpha value is -1.58. The predicted molar refractivity (Wildman–Crippen MR) is 46.5 cm³/mol. The van der Waals surface area contributed by atoms with Crippen molar-refractivity contribution in [1.82, 2.24) is 4.98 Å². The van der Waals surface area contributed by atoms with Gasteiger partial charge in [-0.25, -0.2) is 0 Å². The molecule has 0 aliphatic rings. The van der Waals surface area contributed by atoms with Gasteiger partial charge in [-0.3, -0.25) is 9.59 Å². The summed E-state index contributed by atoms with van der Waals surface area (Å²) in [6.45, 7) is 1.68. The molecule has 1 aromatic rings. The summed E-state index contributed by atoms with van der Waals surface area (Å²) in [5.74, 6) is -2.32. The number of carboxylic acid groups (broad SMARTS) is 1. The highest BCUT2D eigenvalue weighted by molar-refractivity contribution is 6.07. The highest BCUT2D eigenvalue weighted by Gasteiger charge is 2.25. The van der Waals surface area contributed by atoms with Gasteiger partial charge >= 0.3 is 5.97 Å². The Bertz CT molecular complexity index is 303. The van der Waals surface area contributed by atoms with Gasteiger partial charge in [-0.05, 0) is 12.5 Å². The average molecular weight is 181 g/mol. The maximum Gasteiger partial charge on any atom is 0.314 e. The Morgan fingerprint density at radius 3 is 2.69 bits per heavy atom. The highest BCUT2D eigenvalue weighted by atomic mass is 16.4. The standard InChI is InChI=1S/C9H11NO3/c1-2-7(9(12)13)8(11)6-3-4-10-5-6/h3-5,7,10H,2H2,1H3,(H,12,13)/t7-/m1/s1. The van der Waals surface area contributed by atoms with Crippen LogP contribution in [0.2, 0.25) is 0 Å². The maximum absolute atomic E-state index is 11.5. The van der Waals surface area contributed by atoms with E-state index in [4.69, 9.17) is 5.11 Å². The molecule has 0 saturated carbocycles. The van der Waals surface area contributed by atoms with Crippen LogP contribution >= 0.6 is 0 Å². The Labute approximate surface area is 75.6 Å². The van der Waals surface area contributed by atoms with E-state index in [2.05, 4.69) is 4.98 Å². The number of aromatic nitrogens is 1. The van der Waals surface area contributed by atoms with E-state index in [0.29, 0.717) is 12.0 Å². The van der Waals surface area contributed by atoms with E-state index in [1.165, 1.54) is 6.20 Å². The van der Waals surface area contributed by atoms with Crippen LogP contribution in [0.25, 0.3) is 0 Å². The number of hydrogen-bond donors (Lipinski definition) is 2. The molecule has 0 aliphatic heterocycles. The molecule has 0 amide bonds. The molecule has 1 rings (SSSR count). The van der Waals surface area contributed by atoms with Gasteiger partial charge in [0, 0.05) is 18.0 Å². The van der Waals surface area contributed by atoms with Crippen molar-refractivity contribution in [3.63, 3.8) is 0 Å². The van der Waals surface area contributed by atoms with E-state index in [9.17, 15) is 9.59 Å². The summed E-state index contributed by atoms with van der Waals surface area (Å²) in [5.41, 5.74) is 0.425. The molecule has 0 bridgehead atoms. The summed E-state index contributed by atoms with van der Waals surface area (Å²) >= 11 is 0. The summed E-state index contributed by atoms with van der Waals surface area (Å²) in [6, 6.07) is 1.58. The first-order valence-electron chi connectivity index (χ1n) is 4.06. The van der Waals surface area contributed by atoms with Crippen LogP contribution in [0.1, 0.15) is 23.7 Å².